The molecule has 2 atom stereocenters. The first-order valence-corrected chi connectivity index (χ1v) is 5.21. The normalized spacial score (nSPS) is 64.4. The van der Waals surface area contributed by atoms with E-state index in [9.17, 15) is 5.11 Å². The Morgan fingerprint density at radius 3 is 1.85 bits per heavy atom. The Balaban J connectivity index is 2.03. The van der Waals surface area contributed by atoms with Crippen molar-refractivity contribution < 1.29 is 5.11 Å². The van der Waals surface area contributed by atoms with Crippen molar-refractivity contribution in [1.29, 1.82) is 0 Å². The van der Waals surface area contributed by atoms with Crippen LogP contribution in [0.25, 0.3) is 0 Å². The topological polar surface area (TPSA) is 72.3 Å². The molecule has 0 aliphatic heterocycles. The van der Waals surface area contributed by atoms with E-state index in [4.69, 9.17) is 11.5 Å². The quantitative estimate of drug-likeness (QED) is 0.498. The van der Waals surface area contributed by atoms with E-state index in [0.717, 1.165) is 38.5 Å². The fraction of sp³-hybridized carbons (Fsp3) is 1.00. The number of aliphatic hydroxyl groups is 1. The highest BCUT2D eigenvalue weighted by Gasteiger charge is 2.60. The van der Waals surface area contributed by atoms with Crippen molar-refractivity contribution in [2.24, 2.45) is 17.4 Å². The van der Waals surface area contributed by atoms with Gasteiger partial charge in [-0.25, -0.2) is 0 Å². The molecule has 5 N–H and O–H groups in total. The van der Waals surface area contributed by atoms with Gasteiger partial charge in [0, 0.05) is 11.1 Å². The highest BCUT2D eigenvalue weighted by Crippen LogP contribution is 2.57. The minimum absolute atomic E-state index is 0.150. The minimum Gasteiger partial charge on any atom is -0.390 e. The Kier molecular flexibility index (Phi) is 1.23. The molecule has 0 heterocycles. The molecule has 74 valence electrons. The monoisotopic (exact) mass is 182 g/mol. The van der Waals surface area contributed by atoms with E-state index in [0.29, 0.717) is 5.92 Å². The van der Waals surface area contributed by atoms with Gasteiger partial charge in [-0.3, -0.25) is 0 Å². The molecular weight excluding hydrogens is 164 g/mol. The van der Waals surface area contributed by atoms with Gasteiger partial charge in [-0.05, 0) is 44.4 Å². The molecule has 4 saturated carbocycles. The first-order chi connectivity index (χ1) is 5.91. The number of hydrogen-bond donors (Lipinski definition) is 3. The third-order valence-electron chi connectivity index (χ3n) is 4.13. The van der Waals surface area contributed by atoms with Gasteiger partial charge in [0.2, 0.25) is 0 Å². The van der Waals surface area contributed by atoms with Gasteiger partial charge in [0.15, 0.2) is 0 Å². The van der Waals surface area contributed by atoms with Crippen LogP contribution in [0.5, 0.6) is 0 Å². The summed E-state index contributed by atoms with van der Waals surface area (Å²) < 4.78 is 0. The lowest BCUT2D eigenvalue weighted by Crippen LogP contribution is -2.71. The first-order valence-electron chi connectivity index (χ1n) is 5.21. The summed E-state index contributed by atoms with van der Waals surface area (Å²) in [6, 6.07) is 0. The van der Waals surface area contributed by atoms with Gasteiger partial charge in [0.25, 0.3) is 0 Å². The van der Waals surface area contributed by atoms with E-state index in [2.05, 4.69) is 0 Å². The molecule has 0 aromatic heterocycles. The standard InChI is InChI=1S/C10H18N2O/c11-8-1-7-2-9(12,4-8)6-10(13,3-7)5-8/h7,13H,1-6,11-12H2. The van der Waals surface area contributed by atoms with Crippen LogP contribution in [0.15, 0.2) is 0 Å². The number of hydrogen-bond acceptors (Lipinski definition) is 3. The van der Waals surface area contributed by atoms with Crippen LogP contribution in [0.3, 0.4) is 0 Å². The van der Waals surface area contributed by atoms with E-state index in [-0.39, 0.29) is 11.1 Å². The minimum atomic E-state index is -0.525. The maximum absolute atomic E-state index is 10.3. The fourth-order valence-corrected chi connectivity index (χ4v) is 4.54. The Hall–Kier alpha value is -0.120. The Morgan fingerprint density at radius 1 is 0.923 bits per heavy atom. The van der Waals surface area contributed by atoms with E-state index < -0.39 is 5.60 Å². The molecule has 0 radical (unpaired) electrons. The predicted octanol–water partition coefficient (Wildman–Crippen LogP) is 0.110. The zero-order valence-electron chi connectivity index (χ0n) is 7.92. The van der Waals surface area contributed by atoms with Crippen LogP contribution in [-0.4, -0.2) is 21.8 Å². The summed E-state index contributed by atoms with van der Waals surface area (Å²) in [5.74, 6) is 0.580. The molecule has 0 aromatic carbocycles. The third kappa shape index (κ3) is 1.07. The van der Waals surface area contributed by atoms with Gasteiger partial charge < -0.3 is 16.6 Å². The molecule has 4 aliphatic rings. The zero-order valence-corrected chi connectivity index (χ0v) is 7.92. The third-order valence-corrected chi connectivity index (χ3v) is 4.13. The van der Waals surface area contributed by atoms with Crippen LogP contribution in [0.2, 0.25) is 0 Å². The average molecular weight is 182 g/mol. The van der Waals surface area contributed by atoms with Crippen molar-refractivity contribution in [3.8, 4) is 0 Å². The predicted molar refractivity (Wildman–Crippen MR) is 50.0 cm³/mol. The highest BCUT2D eigenvalue weighted by atomic mass is 16.3. The molecule has 4 aliphatic carbocycles. The van der Waals surface area contributed by atoms with Gasteiger partial charge in [0.1, 0.15) is 0 Å². The van der Waals surface area contributed by atoms with E-state index in [1.807, 2.05) is 0 Å². The van der Waals surface area contributed by atoms with Crippen molar-refractivity contribution in [3.05, 3.63) is 0 Å². The van der Waals surface area contributed by atoms with Gasteiger partial charge in [-0.15, -0.1) is 0 Å². The molecule has 0 aromatic rings. The summed E-state index contributed by atoms with van der Waals surface area (Å²) in [6.07, 6.45) is 5.55. The summed E-state index contributed by atoms with van der Waals surface area (Å²) in [5, 5.41) is 10.3. The van der Waals surface area contributed by atoms with Crippen molar-refractivity contribution in [3.63, 3.8) is 0 Å². The SMILES string of the molecule is NC12CC3CC(N)(C1)CC(O)(C3)C2. The molecule has 0 amide bonds. The maximum Gasteiger partial charge on any atom is 0.0685 e. The summed E-state index contributed by atoms with van der Waals surface area (Å²) >= 11 is 0. The summed E-state index contributed by atoms with van der Waals surface area (Å²) in [4.78, 5) is 0. The number of nitrogens with two attached hydrogens (primary N) is 2. The Bertz CT molecular complexity index is 215. The second-order valence-electron chi connectivity index (χ2n) is 5.96. The van der Waals surface area contributed by atoms with Gasteiger partial charge >= 0.3 is 0 Å². The molecule has 0 spiro atoms. The number of rotatable bonds is 0. The van der Waals surface area contributed by atoms with Gasteiger partial charge in [-0.2, -0.15) is 0 Å². The second-order valence-corrected chi connectivity index (χ2v) is 5.96. The highest BCUT2D eigenvalue weighted by molar-refractivity contribution is 5.18. The zero-order chi connectivity index (χ0) is 9.32. The van der Waals surface area contributed by atoms with Crippen LogP contribution in [0.4, 0.5) is 0 Å². The Labute approximate surface area is 78.5 Å². The summed E-state index contributed by atoms with van der Waals surface area (Å²) in [7, 11) is 0. The van der Waals surface area contributed by atoms with Crippen LogP contribution in [-0.2, 0) is 0 Å². The molecular formula is C10H18N2O. The lowest BCUT2D eigenvalue weighted by atomic mass is 9.49. The van der Waals surface area contributed by atoms with E-state index in [1.165, 1.54) is 0 Å². The maximum atomic E-state index is 10.3. The Morgan fingerprint density at radius 2 is 1.46 bits per heavy atom. The fourth-order valence-electron chi connectivity index (χ4n) is 4.54. The van der Waals surface area contributed by atoms with Crippen LogP contribution >= 0.6 is 0 Å². The summed E-state index contributed by atoms with van der Waals surface area (Å²) in [6.45, 7) is 0. The van der Waals surface area contributed by atoms with Crippen molar-refractivity contribution in [2.75, 3.05) is 0 Å². The lowest BCUT2D eigenvalue weighted by Gasteiger charge is -2.62. The van der Waals surface area contributed by atoms with Crippen molar-refractivity contribution in [1.82, 2.24) is 0 Å². The van der Waals surface area contributed by atoms with E-state index >= 15 is 0 Å². The second kappa shape index (κ2) is 1.95. The van der Waals surface area contributed by atoms with Crippen LogP contribution in [0.1, 0.15) is 38.5 Å². The molecule has 2 unspecified atom stereocenters. The van der Waals surface area contributed by atoms with E-state index in [1.54, 1.807) is 0 Å². The van der Waals surface area contributed by atoms with Gasteiger partial charge in [-0.1, -0.05) is 0 Å². The molecule has 4 fully saturated rings. The molecule has 4 rings (SSSR count). The smallest absolute Gasteiger partial charge is 0.0685 e. The molecule has 4 bridgehead atoms. The van der Waals surface area contributed by atoms with Crippen molar-refractivity contribution >= 4 is 0 Å². The molecule has 3 heteroatoms. The summed E-state index contributed by atoms with van der Waals surface area (Å²) in [5.41, 5.74) is 11.7. The average Bonchev–Trinajstić information content (AvgIpc) is 1.71. The van der Waals surface area contributed by atoms with Crippen molar-refractivity contribution in [2.45, 2.75) is 55.2 Å². The van der Waals surface area contributed by atoms with Crippen LogP contribution in [0, 0.1) is 5.92 Å². The largest absolute Gasteiger partial charge is 0.390 e. The molecule has 0 saturated heterocycles. The van der Waals surface area contributed by atoms with Crippen LogP contribution < -0.4 is 11.5 Å². The molecule has 13 heavy (non-hydrogen) atoms. The van der Waals surface area contributed by atoms with Gasteiger partial charge in [0.05, 0.1) is 5.60 Å². The first kappa shape index (κ1) is 8.21. The lowest BCUT2D eigenvalue weighted by molar-refractivity contribution is -0.141. The molecule has 3 nitrogen and oxygen atoms in total.